The van der Waals surface area contributed by atoms with Gasteiger partial charge in [0.15, 0.2) is 5.22 Å². The third kappa shape index (κ3) is 2.67. The van der Waals surface area contributed by atoms with E-state index in [0.717, 1.165) is 17.3 Å². The Hall–Kier alpha value is -1.68. The molecule has 5 heteroatoms. The van der Waals surface area contributed by atoms with Crippen molar-refractivity contribution in [1.82, 2.24) is 4.98 Å². The van der Waals surface area contributed by atoms with Gasteiger partial charge in [-0.3, -0.25) is 0 Å². The SMILES string of the molecule is COc1ccnc(NCc2ccc(Cl)o2)c1. The van der Waals surface area contributed by atoms with Gasteiger partial charge in [0.2, 0.25) is 0 Å². The molecular weight excluding hydrogens is 228 g/mol. The second kappa shape index (κ2) is 4.90. The molecule has 4 nitrogen and oxygen atoms in total. The van der Waals surface area contributed by atoms with E-state index in [0.29, 0.717) is 11.8 Å². The van der Waals surface area contributed by atoms with Crippen LogP contribution in [0.15, 0.2) is 34.9 Å². The highest BCUT2D eigenvalue weighted by Gasteiger charge is 2.01. The molecule has 0 aromatic carbocycles. The summed E-state index contributed by atoms with van der Waals surface area (Å²) in [5.74, 6) is 2.25. The highest BCUT2D eigenvalue weighted by atomic mass is 35.5. The second-order valence-corrected chi connectivity index (χ2v) is 3.51. The van der Waals surface area contributed by atoms with E-state index in [2.05, 4.69) is 10.3 Å². The number of pyridine rings is 1. The maximum absolute atomic E-state index is 5.66. The molecule has 0 unspecified atom stereocenters. The Morgan fingerprint density at radius 3 is 3.00 bits per heavy atom. The fourth-order valence-corrected chi connectivity index (χ4v) is 1.42. The first-order valence-corrected chi connectivity index (χ1v) is 5.14. The van der Waals surface area contributed by atoms with Crippen molar-refractivity contribution in [2.75, 3.05) is 12.4 Å². The molecule has 0 radical (unpaired) electrons. The van der Waals surface area contributed by atoms with Crippen molar-refractivity contribution in [2.24, 2.45) is 0 Å². The number of halogens is 1. The van der Waals surface area contributed by atoms with Crippen molar-refractivity contribution in [3.63, 3.8) is 0 Å². The largest absolute Gasteiger partial charge is 0.497 e. The molecule has 2 rings (SSSR count). The normalized spacial score (nSPS) is 10.1. The van der Waals surface area contributed by atoms with Crippen LogP contribution in [0.25, 0.3) is 0 Å². The van der Waals surface area contributed by atoms with Gasteiger partial charge in [-0.15, -0.1) is 0 Å². The summed E-state index contributed by atoms with van der Waals surface area (Å²) in [4.78, 5) is 4.14. The summed E-state index contributed by atoms with van der Waals surface area (Å²) in [5.41, 5.74) is 0. The minimum atomic E-state index is 0.385. The zero-order valence-electron chi connectivity index (χ0n) is 8.74. The summed E-state index contributed by atoms with van der Waals surface area (Å²) in [6, 6.07) is 7.12. The van der Waals surface area contributed by atoms with Crippen molar-refractivity contribution in [3.05, 3.63) is 41.4 Å². The van der Waals surface area contributed by atoms with Crippen LogP contribution in [-0.2, 0) is 6.54 Å². The molecule has 0 spiro atoms. The lowest BCUT2D eigenvalue weighted by molar-refractivity contribution is 0.414. The Kier molecular flexibility index (Phi) is 3.31. The third-order valence-corrected chi connectivity index (χ3v) is 2.24. The lowest BCUT2D eigenvalue weighted by atomic mass is 10.4. The van der Waals surface area contributed by atoms with Crippen molar-refractivity contribution in [3.8, 4) is 5.75 Å². The molecule has 0 aliphatic carbocycles. The maximum atomic E-state index is 5.66. The van der Waals surface area contributed by atoms with E-state index in [1.165, 1.54) is 0 Å². The Bertz CT molecular complexity index is 471. The van der Waals surface area contributed by atoms with Crippen LogP contribution in [-0.4, -0.2) is 12.1 Å². The zero-order valence-corrected chi connectivity index (χ0v) is 9.49. The quantitative estimate of drug-likeness (QED) is 0.890. The maximum Gasteiger partial charge on any atom is 0.193 e. The molecule has 0 amide bonds. The van der Waals surface area contributed by atoms with Gasteiger partial charge < -0.3 is 14.5 Å². The van der Waals surface area contributed by atoms with Gasteiger partial charge in [0, 0.05) is 12.3 Å². The van der Waals surface area contributed by atoms with E-state index in [1.54, 1.807) is 25.4 Å². The molecule has 2 aromatic heterocycles. The molecule has 0 atom stereocenters. The Labute approximate surface area is 98.2 Å². The number of nitrogens with one attached hydrogen (secondary N) is 1. The Morgan fingerprint density at radius 1 is 1.44 bits per heavy atom. The first-order chi connectivity index (χ1) is 7.78. The van der Waals surface area contributed by atoms with Crippen molar-refractivity contribution in [2.45, 2.75) is 6.54 Å². The van der Waals surface area contributed by atoms with Gasteiger partial charge in [0.1, 0.15) is 17.3 Å². The van der Waals surface area contributed by atoms with E-state index in [4.69, 9.17) is 20.8 Å². The lowest BCUT2D eigenvalue weighted by Crippen LogP contribution is -2.00. The molecular formula is C11H11ClN2O2. The summed E-state index contributed by atoms with van der Waals surface area (Å²) < 4.78 is 10.3. The first-order valence-electron chi connectivity index (χ1n) is 4.76. The average molecular weight is 239 g/mol. The number of rotatable bonds is 4. The first kappa shape index (κ1) is 10.8. The second-order valence-electron chi connectivity index (χ2n) is 3.14. The van der Waals surface area contributed by atoms with Gasteiger partial charge in [0.05, 0.1) is 13.7 Å². The Morgan fingerprint density at radius 2 is 2.31 bits per heavy atom. The Balaban J connectivity index is 1.99. The zero-order chi connectivity index (χ0) is 11.4. The van der Waals surface area contributed by atoms with Gasteiger partial charge in [-0.05, 0) is 29.8 Å². The number of furan rings is 1. The fourth-order valence-electron chi connectivity index (χ4n) is 1.26. The van der Waals surface area contributed by atoms with E-state index < -0.39 is 0 Å². The van der Waals surface area contributed by atoms with Crippen LogP contribution in [0.3, 0.4) is 0 Å². The van der Waals surface area contributed by atoms with Crippen molar-refractivity contribution >= 4 is 17.4 Å². The number of aromatic nitrogens is 1. The predicted molar refractivity (Wildman–Crippen MR) is 61.8 cm³/mol. The van der Waals surface area contributed by atoms with Gasteiger partial charge in [-0.2, -0.15) is 0 Å². The molecule has 0 aliphatic rings. The van der Waals surface area contributed by atoms with E-state index >= 15 is 0 Å². The molecule has 2 heterocycles. The lowest BCUT2D eigenvalue weighted by Gasteiger charge is -2.05. The molecule has 1 N–H and O–H groups in total. The van der Waals surface area contributed by atoms with Crippen LogP contribution in [0, 0.1) is 0 Å². The van der Waals surface area contributed by atoms with Gasteiger partial charge in [-0.1, -0.05) is 0 Å². The minimum absolute atomic E-state index is 0.385. The summed E-state index contributed by atoms with van der Waals surface area (Å²) in [7, 11) is 1.62. The number of hydrogen-bond acceptors (Lipinski definition) is 4. The standard InChI is InChI=1S/C11H11ClN2O2/c1-15-8-4-5-13-11(6-8)14-7-9-2-3-10(12)16-9/h2-6H,7H2,1H3,(H,13,14). The molecule has 0 saturated carbocycles. The molecule has 0 fully saturated rings. The van der Waals surface area contributed by atoms with Crippen LogP contribution < -0.4 is 10.1 Å². The summed E-state index contributed by atoms with van der Waals surface area (Å²) in [5, 5.41) is 3.49. The third-order valence-electron chi connectivity index (χ3n) is 2.04. The summed E-state index contributed by atoms with van der Waals surface area (Å²) in [6.07, 6.45) is 1.68. The molecule has 16 heavy (non-hydrogen) atoms. The average Bonchev–Trinajstić information content (AvgIpc) is 2.73. The van der Waals surface area contributed by atoms with Gasteiger partial charge >= 0.3 is 0 Å². The summed E-state index contributed by atoms with van der Waals surface area (Å²) >= 11 is 5.66. The van der Waals surface area contributed by atoms with E-state index in [9.17, 15) is 0 Å². The predicted octanol–water partition coefficient (Wildman–Crippen LogP) is 2.95. The number of hydrogen-bond donors (Lipinski definition) is 1. The van der Waals surface area contributed by atoms with Crippen LogP contribution in [0.4, 0.5) is 5.82 Å². The van der Waals surface area contributed by atoms with Gasteiger partial charge in [-0.25, -0.2) is 4.98 Å². The molecule has 0 bridgehead atoms. The monoisotopic (exact) mass is 238 g/mol. The molecule has 0 aliphatic heterocycles. The molecule has 0 saturated heterocycles. The minimum Gasteiger partial charge on any atom is -0.497 e. The number of ether oxygens (including phenoxy) is 1. The van der Waals surface area contributed by atoms with Crippen LogP contribution in [0.2, 0.25) is 5.22 Å². The highest BCUT2D eigenvalue weighted by molar-refractivity contribution is 6.28. The number of anilines is 1. The topological polar surface area (TPSA) is 47.3 Å². The number of methoxy groups -OCH3 is 1. The summed E-state index contributed by atoms with van der Waals surface area (Å²) in [6.45, 7) is 0.535. The van der Waals surface area contributed by atoms with Crippen LogP contribution >= 0.6 is 11.6 Å². The van der Waals surface area contributed by atoms with Crippen molar-refractivity contribution in [1.29, 1.82) is 0 Å². The molecule has 84 valence electrons. The molecule has 2 aromatic rings. The van der Waals surface area contributed by atoms with E-state index in [-0.39, 0.29) is 0 Å². The highest BCUT2D eigenvalue weighted by Crippen LogP contribution is 2.16. The van der Waals surface area contributed by atoms with E-state index in [1.807, 2.05) is 12.1 Å². The fraction of sp³-hybridized carbons (Fsp3) is 0.182. The van der Waals surface area contributed by atoms with Crippen LogP contribution in [0.5, 0.6) is 5.75 Å². The smallest absolute Gasteiger partial charge is 0.193 e. The van der Waals surface area contributed by atoms with Gasteiger partial charge in [0.25, 0.3) is 0 Å². The van der Waals surface area contributed by atoms with Crippen molar-refractivity contribution < 1.29 is 9.15 Å². The number of nitrogens with zero attached hydrogens (tertiary/aromatic N) is 1. The van der Waals surface area contributed by atoms with Crippen LogP contribution in [0.1, 0.15) is 5.76 Å².